The van der Waals surface area contributed by atoms with Crippen molar-refractivity contribution in [2.24, 2.45) is 0 Å². The number of amides is 1. The topological polar surface area (TPSA) is 20.3 Å². The van der Waals surface area contributed by atoms with Crippen LogP contribution in [0.25, 0.3) is 0 Å². The molecule has 0 saturated carbocycles. The Balaban J connectivity index is 3.94. The van der Waals surface area contributed by atoms with Crippen LogP contribution in [0.5, 0.6) is 0 Å². The third kappa shape index (κ3) is 4.45. The number of carbonyl (C=O) groups is 1. The Hall–Kier alpha value is -0.320. The Morgan fingerprint density at radius 3 is 2.46 bits per heavy atom. The molecule has 0 aliphatic carbocycles. The fourth-order valence-electron chi connectivity index (χ4n) is 0.853. The van der Waals surface area contributed by atoms with E-state index in [1.165, 1.54) is 7.05 Å². The van der Waals surface area contributed by atoms with Crippen LogP contribution in [0, 0.1) is 0 Å². The minimum Gasteiger partial charge on any atom is -0.338 e. The lowest BCUT2D eigenvalue weighted by Crippen LogP contribution is -2.39. The lowest BCUT2D eigenvalue weighted by molar-refractivity contribution is -0.143. The van der Waals surface area contributed by atoms with Crippen LogP contribution in [-0.4, -0.2) is 42.3 Å². The molecular weight excluding hydrogens is 196 g/mol. The summed E-state index contributed by atoms with van der Waals surface area (Å²) in [6.07, 6.45) is -0.195. The highest BCUT2D eigenvalue weighted by atomic mass is 32.2. The summed E-state index contributed by atoms with van der Waals surface area (Å²) in [5.41, 5.74) is 0. The highest BCUT2D eigenvalue weighted by molar-refractivity contribution is 7.98. The predicted octanol–water partition coefficient (Wildman–Crippen LogP) is 1.85. The first-order valence-corrected chi connectivity index (χ1v) is 5.43. The van der Waals surface area contributed by atoms with Crippen LogP contribution in [-0.2, 0) is 4.79 Å². The van der Waals surface area contributed by atoms with Gasteiger partial charge in [0.15, 0.2) is 0 Å². The van der Waals surface area contributed by atoms with Crippen LogP contribution in [0.3, 0.4) is 0 Å². The second-order valence-corrected chi connectivity index (χ2v) is 3.87. The molecule has 2 nitrogen and oxygen atoms in total. The Morgan fingerprint density at radius 1 is 1.54 bits per heavy atom. The zero-order valence-electron chi connectivity index (χ0n) is 8.09. The van der Waals surface area contributed by atoms with Crippen molar-refractivity contribution in [2.75, 3.05) is 19.1 Å². The SMILES string of the molecule is CSCCC(C)N(C)C(=O)C(F)F. The van der Waals surface area contributed by atoms with E-state index in [4.69, 9.17) is 0 Å². The molecule has 0 aromatic rings. The van der Waals surface area contributed by atoms with E-state index < -0.39 is 12.3 Å². The Kier molecular flexibility index (Phi) is 6.03. The van der Waals surface area contributed by atoms with Crippen molar-refractivity contribution in [1.82, 2.24) is 4.90 Å². The van der Waals surface area contributed by atoms with Crippen molar-refractivity contribution in [3.05, 3.63) is 0 Å². The van der Waals surface area contributed by atoms with Gasteiger partial charge in [-0.2, -0.15) is 20.5 Å². The Morgan fingerprint density at radius 2 is 2.08 bits per heavy atom. The maximum Gasteiger partial charge on any atom is 0.315 e. The van der Waals surface area contributed by atoms with Gasteiger partial charge in [-0.05, 0) is 25.4 Å². The molecule has 1 amide bonds. The van der Waals surface area contributed by atoms with E-state index in [0.717, 1.165) is 17.1 Å². The molecule has 0 spiro atoms. The quantitative estimate of drug-likeness (QED) is 0.691. The van der Waals surface area contributed by atoms with E-state index in [1.807, 2.05) is 6.26 Å². The van der Waals surface area contributed by atoms with Gasteiger partial charge in [0, 0.05) is 13.1 Å². The maximum absolute atomic E-state index is 12.0. The van der Waals surface area contributed by atoms with Crippen molar-refractivity contribution in [2.45, 2.75) is 25.8 Å². The van der Waals surface area contributed by atoms with Crippen molar-refractivity contribution in [3.63, 3.8) is 0 Å². The first kappa shape index (κ1) is 12.7. The van der Waals surface area contributed by atoms with Crippen LogP contribution < -0.4 is 0 Å². The highest BCUT2D eigenvalue weighted by Gasteiger charge is 2.23. The number of nitrogens with zero attached hydrogens (tertiary/aromatic N) is 1. The molecule has 0 rings (SSSR count). The van der Waals surface area contributed by atoms with E-state index in [9.17, 15) is 13.6 Å². The molecule has 0 fully saturated rings. The van der Waals surface area contributed by atoms with Gasteiger partial charge in [-0.1, -0.05) is 0 Å². The number of hydrogen-bond donors (Lipinski definition) is 0. The summed E-state index contributed by atoms with van der Waals surface area (Å²) in [7, 11) is 1.42. The van der Waals surface area contributed by atoms with Crippen LogP contribution in [0.2, 0.25) is 0 Å². The predicted molar refractivity (Wildman–Crippen MR) is 51.2 cm³/mol. The molecule has 78 valence electrons. The largest absolute Gasteiger partial charge is 0.338 e. The summed E-state index contributed by atoms with van der Waals surface area (Å²) in [4.78, 5) is 11.9. The van der Waals surface area contributed by atoms with Gasteiger partial charge < -0.3 is 4.90 Å². The first-order chi connectivity index (χ1) is 6.00. The Bertz CT molecular complexity index is 166. The monoisotopic (exact) mass is 211 g/mol. The van der Waals surface area contributed by atoms with Gasteiger partial charge in [0.05, 0.1) is 0 Å². The molecule has 5 heteroatoms. The molecule has 0 heterocycles. The van der Waals surface area contributed by atoms with E-state index in [-0.39, 0.29) is 6.04 Å². The molecule has 1 atom stereocenters. The first-order valence-electron chi connectivity index (χ1n) is 4.04. The number of rotatable bonds is 5. The summed E-state index contributed by atoms with van der Waals surface area (Å²) in [6.45, 7) is 1.77. The summed E-state index contributed by atoms with van der Waals surface area (Å²) < 4.78 is 23.9. The van der Waals surface area contributed by atoms with Crippen LogP contribution >= 0.6 is 11.8 Å². The zero-order valence-corrected chi connectivity index (χ0v) is 8.91. The summed E-state index contributed by atoms with van der Waals surface area (Å²) >= 11 is 1.64. The van der Waals surface area contributed by atoms with Gasteiger partial charge in [-0.15, -0.1) is 0 Å². The molecular formula is C8H15F2NOS. The molecule has 13 heavy (non-hydrogen) atoms. The van der Waals surface area contributed by atoms with Crippen LogP contribution in [0.15, 0.2) is 0 Å². The number of alkyl halides is 2. The zero-order chi connectivity index (χ0) is 10.4. The smallest absolute Gasteiger partial charge is 0.315 e. The van der Waals surface area contributed by atoms with Gasteiger partial charge in [0.2, 0.25) is 0 Å². The second kappa shape index (κ2) is 6.18. The number of halogens is 2. The van der Waals surface area contributed by atoms with Crippen molar-refractivity contribution < 1.29 is 13.6 Å². The van der Waals surface area contributed by atoms with E-state index in [1.54, 1.807) is 18.7 Å². The fraction of sp³-hybridized carbons (Fsp3) is 0.875. The number of thioether (sulfide) groups is 1. The molecule has 0 aromatic heterocycles. The molecule has 0 aliphatic heterocycles. The van der Waals surface area contributed by atoms with Gasteiger partial charge >= 0.3 is 6.43 Å². The number of carbonyl (C=O) groups excluding carboxylic acids is 1. The lowest BCUT2D eigenvalue weighted by atomic mass is 10.2. The minimum absolute atomic E-state index is 0.117. The van der Waals surface area contributed by atoms with Crippen molar-refractivity contribution in [1.29, 1.82) is 0 Å². The van der Waals surface area contributed by atoms with Gasteiger partial charge in [-0.25, -0.2) is 0 Å². The average molecular weight is 211 g/mol. The minimum atomic E-state index is -2.89. The van der Waals surface area contributed by atoms with E-state index in [2.05, 4.69) is 0 Å². The van der Waals surface area contributed by atoms with Crippen LogP contribution in [0.1, 0.15) is 13.3 Å². The summed E-state index contributed by atoms with van der Waals surface area (Å²) in [5.74, 6) is -0.212. The highest BCUT2D eigenvalue weighted by Crippen LogP contribution is 2.08. The molecule has 0 N–H and O–H groups in total. The van der Waals surface area contributed by atoms with Gasteiger partial charge in [-0.3, -0.25) is 4.79 Å². The van der Waals surface area contributed by atoms with Gasteiger partial charge in [0.25, 0.3) is 5.91 Å². The van der Waals surface area contributed by atoms with Crippen molar-refractivity contribution in [3.8, 4) is 0 Å². The summed E-state index contributed by atoms with van der Waals surface area (Å²) in [5, 5.41) is 0. The molecule has 0 bridgehead atoms. The van der Waals surface area contributed by atoms with Crippen molar-refractivity contribution >= 4 is 17.7 Å². The third-order valence-corrected chi connectivity index (χ3v) is 2.58. The second-order valence-electron chi connectivity index (χ2n) is 2.88. The average Bonchev–Trinajstić information content (AvgIpc) is 2.11. The number of hydrogen-bond acceptors (Lipinski definition) is 2. The molecule has 0 saturated heterocycles. The molecule has 0 aromatic carbocycles. The third-order valence-electron chi connectivity index (χ3n) is 1.94. The molecule has 0 radical (unpaired) electrons. The van der Waals surface area contributed by atoms with E-state index >= 15 is 0 Å². The standard InChI is InChI=1S/C8H15F2NOS/c1-6(4-5-13-3)11(2)8(12)7(9)10/h6-7H,4-5H2,1-3H3. The van der Waals surface area contributed by atoms with Gasteiger partial charge in [0.1, 0.15) is 0 Å². The normalized spacial score (nSPS) is 13.1. The summed E-state index contributed by atoms with van der Waals surface area (Å²) in [6, 6.07) is -0.117. The lowest BCUT2D eigenvalue weighted by Gasteiger charge is -2.24. The molecule has 1 unspecified atom stereocenters. The fourth-order valence-corrected chi connectivity index (χ4v) is 1.43. The molecule has 0 aliphatic rings. The maximum atomic E-state index is 12.0. The van der Waals surface area contributed by atoms with Crippen LogP contribution in [0.4, 0.5) is 8.78 Å². The Labute approximate surface area is 81.7 Å². The van der Waals surface area contributed by atoms with E-state index in [0.29, 0.717) is 0 Å².